The maximum atomic E-state index is 14.0. The van der Waals surface area contributed by atoms with E-state index in [0.717, 1.165) is 0 Å². The monoisotopic (exact) mass is 644 g/mol. The van der Waals surface area contributed by atoms with Gasteiger partial charge in [0.15, 0.2) is 0 Å². The normalized spacial score (nSPS) is 11.2. The van der Waals surface area contributed by atoms with Crippen molar-refractivity contribution in [1.82, 2.24) is 19.9 Å². The summed E-state index contributed by atoms with van der Waals surface area (Å²) in [5, 5.41) is 0.320. The van der Waals surface area contributed by atoms with Gasteiger partial charge in [0.05, 0.1) is 33.2 Å². The molecule has 0 bridgehead atoms. The molecule has 8 N–H and O–H groups in total. The van der Waals surface area contributed by atoms with Gasteiger partial charge in [-0.05, 0) is 97.1 Å². The third kappa shape index (κ3) is 5.24. The average molecular weight is 645 g/mol. The zero-order valence-corrected chi connectivity index (χ0v) is 24.8. The van der Waals surface area contributed by atoms with Gasteiger partial charge >= 0.3 is 0 Å². The lowest BCUT2D eigenvalue weighted by molar-refractivity contribution is 0.627. The van der Waals surface area contributed by atoms with E-state index in [9.17, 15) is 17.6 Å². The first kappa shape index (κ1) is 30.1. The van der Waals surface area contributed by atoms with E-state index in [1.165, 1.54) is 97.1 Å². The predicted molar refractivity (Wildman–Crippen MR) is 177 cm³/mol. The number of rotatable bonds is 4. The van der Waals surface area contributed by atoms with Gasteiger partial charge in [-0.1, -0.05) is 0 Å². The van der Waals surface area contributed by atoms with Crippen LogP contribution in [0.5, 0.6) is 0 Å². The first-order valence-corrected chi connectivity index (χ1v) is 14.5. The fourth-order valence-electron chi connectivity index (χ4n) is 5.58. The minimum Gasteiger partial charge on any atom is -0.385 e. The third-order valence-electron chi connectivity index (χ3n) is 7.79. The van der Waals surface area contributed by atoms with Crippen molar-refractivity contribution in [3.8, 4) is 45.0 Å². The first-order chi connectivity index (χ1) is 23.1. The molecule has 0 aliphatic heterocycles. The van der Waals surface area contributed by atoms with E-state index in [0.29, 0.717) is 45.0 Å². The molecule has 7 aromatic rings. The Morgan fingerprint density at radius 1 is 0.333 bits per heavy atom. The maximum absolute atomic E-state index is 14.0. The van der Waals surface area contributed by atoms with E-state index < -0.39 is 23.3 Å². The highest BCUT2D eigenvalue weighted by molar-refractivity contribution is 5.99. The van der Waals surface area contributed by atoms with Gasteiger partial charge in [-0.25, -0.2) is 37.5 Å². The van der Waals surface area contributed by atoms with Crippen LogP contribution in [0.25, 0.3) is 78.7 Å². The van der Waals surface area contributed by atoms with Crippen LogP contribution in [0.4, 0.5) is 17.6 Å². The number of benzene rings is 5. The Morgan fingerprint density at radius 3 is 0.688 bits per heavy atom. The molecule has 0 saturated heterocycles. The number of aromatic nitrogens is 4. The quantitative estimate of drug-likeness (QED) is 0.158. The molecule has 2 aromatic heterocycles. The van der Waals surface area contributed by atoms with Gasteiger partial charge in [0.1, 0.15) is 57.0 Å². The molecule has 7 rings (SSSR count). The SMILES string of the molecule is NC(N)=c1c2nc(-c3ccc(F)cc3)c(-c3ccc(F)cc3)nc2c(=C(N)N)c2nc(-c3ccc(F)cc3)c(-c3ccc(F)cc3)nc12. The summed E-state index contributed by atoms with van der Waals surface area (Å²) >= 11 is 0. The van der Waals surface area contributed by atoms with Crippen LogP contribution in [-0.4, -0.2) is 19.9 Å². The van der Waals surface area contributed by atoms with Crippen LogP contribution in [-0.2, 0) is 0 Å². The Labute approximate surface area is 269 Å². The molecular formula is C36H24F4N8. The van der Waals surface area contributed by atoms with Crippen molar-refractivity contribution in [2.75, 3.05) is 0 Å². The second kappa shape index (κ2) is 11.7. The molecule has 48 heavy (non-hydrogen) atoms. The van der Waals surface area contributed by atoms with Crippen LogP contribution in [0.3, 0.4) is 0 Å². The Bertz CT molecular complexity index is 2160. The molecule has 0 aliphatic carbocycles. The van der Waals surface area contributed by atoms with E-state index in [-0.39, 0.29) is 44.1 Å². The Kier molecular flexibility index (Phi) is 7.32. The summed E-state index contributed by atoms with van der Waals surface area (Å²) < 4.78 is 55.9. The number of halogens is 4. The molecule has 0 aliphatic rings. The molecule has 0 saturated carbocycles. The van der Waals surface area contributed by atoms with E-state index in [1.54, 1.807) is 0 Å². The largest absolute Gasteiger partial charge is 0.385 e. The highest BCUT2D eigenvalue weighted by atomic mass is 19.1. The first-order valence-electron chi connectivity index (χ1n) is 14.5. The van der Waals surface area contributed by atoms with Gasteiger partial charge in [-0.15, -0.1) is 0 Å². The number of nitrogens with two attached hydrogens (primary N) is 4. The Balaban J connectivity index is 1.70. The predicted octanol–water partition coefficient (Wildman–Crippen LogP) is 4.76. The molecule has 2 heterocycles. The summed E-state index contributed by atoms with van der Waals surface area (Å²) in [4.78, 5) is 19.8. The lowest BCUT2D eigenvalue weighted by atomic mass is 10.0. The van der Waals surface area contributed by atoms with Crippen LogP contribution in [0.15, 0.2) is 97.1 Å². The standard InChI is InChI=1S/C36H24F4N8/c37-21-9-1-17(2-10-21)27-28(18-3-11-22(38)12-4-18)46-32-26(36(43)44)34-33(25(35(41)42)31(32)45-27)47-29(19-5-13-23(39)14-6-19)30(48-34)20-7-15-24(40)16-8-20/h1-16H,41-44H2. The molecule has 5 aromatic carbocycles. The van der Waals surface area contributed by atoms with E-state index in [1.807, 2.05) is 0 Å². The molecule has 0 fully saturated rings. The minimum absolute atomic E-state index is 0.157. The number of hydrogen-bond acceptors (Lipinski definition) is 8. The van der Waals surface area contributed by atoms with Crippen LogP contribution in [0.2, 0.25) is 0 Å². The fraction of sp³-hybridized carbons (Fsp3) is 0. The fourth-order valence-corrected chi connectivity index (χ4v) is 5.58. The third-order valence-corrected chi connectivity index (χ3v) is 7.79. The van der Waals surface area contributed by atoms with Crippen molar-refractivity contribution in [2.24, 2.45) is 22.9 Å². The molecule has 0 amide bonds. The van der Waals surface area contributed by atoms with E-state index in [4.69, 9.17) is 42.9 Å². The number of hydrogen-bond donors (Lipinski definition) is 4. The second-order valence-electron chi connectivity index (χ2n) is 10.9. The zero-order valence-electron chi connectivity index (χ0n) is 24.8. The van der Waals surface area contributed by atoms with Crippen molar-refractivity contribution < 1.29 is 17.6 Å². The minimum atomic E-state index is -0.463. The summed E-state index contributed by atoms with van der Waals surface area (Å²) in [6.07, 6.45) is 0. The van der Waals surface area contributed by atoms with Gasteiger partial charge < -0.3 is 22.9 Å². The second-order valence-corrected chi connectivity index (χ2v) is 10.9. The molecule has 0 spiro atoms. The zero-order chi connectivity index (χ0) is 33.7. The van der Waals surface area contributed by atoms with Crippen LogP contribution < -0.4 is 33.4 Å². The molecule has 8 nitrogen and oxygen atoms in total. The van der Waals surface area contributed by atoms with Gasteiger partial charge in [0, 0.05) is 22.3 Å². The van der Waals surface area contributed by atoms with Crippen molar-refractivity contribution in [3.63, 3.8) is 0 Å². The van der Waals surface area contributed by atoms with Gasteiger partial charge in [-0.3, -0.25) is 0 Å². The average Bonchev–Trinajstić information content (AvgIpc) is 3.07. The lowest BCUT2D eigenvalue weighted by Gasteiger charge is -2.16. The van der Waals surface area contributed by atoms with Crippen molar-refractivity contribution in [2.45, 2.75) is 0 Å². The lowest BCUT2D eigenvalue weighted by Crippen LogP contribution is -2.31. The van der Waals surface area contributed by atoms with Gasteiger partial charge in [0.2, 0.25) is 0 Å². The van der Waals surface area contributed by atoms with Crippen molar-refractivity contribution >= 4 is 33.7 Å². The van der Waals surface area contributed by atoms with Crippen LogP contribution >= 0.6 is 0 Å². The number of nitrogens with zero attached hydrogens (tertiary/aromatic N) is 4. The topological polar surface area (TPSA) is 156 Å². The summed E-state index contributed by atoms with van der Waals surface area (Å²) in [7, 11) is 0. The van der Waals surface area contributed by atoms with Crippen LogP contribution in [0.1, 0.15) is 0 Å². The molecule has 0 unspecified atom stereocenters. The van der Waals surface area contributed by atoms with Gasteiger partial charge in [0.25, 0.3) is 0 Å². The summed E-state index contributed by atoms with van der Waals surface area (Å²) in [5.74, 6) is -2.22. The smallest absolute Gasteiger partial charge is 0.123 e. The van der Waals surface area contributed by atoms with Gasteiger partial charge in [-0.2, -0.15) is 0 Å². The van der Waals surface area contributed by atoms with Crippen LogP contribution in [0, 0.1) is 23.3 Å². The Morgan fingerprint density at radius 2 is 0.521 bits per heavy atom. The summed E-state index contributed by atoms with van der Waals surface area (Å²) in [6.45, 7) is 0. The van der Waals surface area contributed by atoms with Crippen molar-refractivity contribution in [1.29, 1.82) is 0 Å². The molecular weight excluding hydrogens is 620 g/mol. The molecule has 0 radical (unpaired) electrons. The summed E-state index contributed by atoms with van der Waals surface area (Å²) in [5.41, 5.74) is 29.1. The highest BCUT2D eigenvalue weighted by Crippen LogP contribution is 2.33. The molecule has 236 valence electrons. The van der Waals surface area contributed by atoms with E-state index >= 15 is 0 Å². The number of fused-ring (bicyclic) bond motifs is 2. The summed E-state index contributed by atoms with van der Waals surface area (Å²) in [6, 6.07) is 22.4. The Hall–Kier alpha value is -6.56. The maximum Gasteiger partial charge on any atom is 0.123 e. The highest BCUT2D eigenvalue weighted by Gasteiger charge is 2.22. The molecule has 0 atom stereocenters. The van der Waals surface area contributed by atoms with Crippen molar-refractivity contribution in [3.05, 3.63) is 131 Å². The molecule has 12 heteroatoms. The van der Waals surface area contributed by atoms with E-state index in [2.05, 4.69) is 0 Å².